The van der Waals surface area contributed by atoms with E-state index in [1.165, 1.54) is 6.42 Å². The summed E-state index contributed by atoms with van der Waals surface area (Å²) >= 11 is 0. The lowest BCUT2D eigenvalue weighted by Crippen LogP contribution is -2.28. The predicted octanol–water partition coefficient (Wildman–Crippen LogP) is 2.75. The highest BCUT2D eigenvalue weighted by Gasteiger charge is 2.25. The van der Waals surface area contributed by atoms with Gasteiger partial charge in [-0.15, -0.1) is 0 Å². The van der Waals surface area contributed by atoms with Gasteiger partial charge in [-0.3, -0.25) is 0 Å². The van der Waals surface area contributed by atoms with Gasteiger partial charge in [0, 0.05) is 0 Å². The molecule has 1 aliphatic carbocycles. The Hall–Kier alpha value is -0.300. The summed E-state index contributed by atoms with van der Waals surface area (Å²) < 4.78 is 0. The summed E-state index contributed by atoms with van der Waals surface area (Å²) in [6, 6.07) is 0. The SMILES string of the molecule is CC(C)CC1CC=CC(C)(O)C1. The quantitative estimate of drug-likeness (QED) is 0.629. The van der Waals surface area contributed by atoms with E-state index in [0.717, 1.165) is 18.8 Å². The molecule has 70 valence electrons. The van der Waals surface area contributed by atoms with Crippen LogP contribution in [-0.4, -0.2) is 10.7 Å². The van der Waals surface area contributed by atoms with E-state index in [-0.39, 0.29) is 0 Å². The Morgan fingerprint density at radius 1 is 1.58 bits per heavy atom. The van der Waals surface area contributed by atoms with Crippen LogP contribution in [0.3, 0.4) is 0 Å². The van der Waals surface area contributed by atoms with Crippen molar-refractivity contribution < 1.29 is 5.11 Å². The second-order valence-electron chi connectivity index (χ2n) is 4.69. The molecule has 0 aromatic carbocycles. The van der Waals surface area contributed by atoms with Crippen molar-refractivity contribution in [1.29, 1.82) is 0 Å². The first-order valence-electron chi connectivity index (χ1n) is 4.90. The van der Waals surface area contributed by atoms with Crippen LogP contribution in [0.4, 0.5) is 0 Å². The van der Waals surface area contributed by atoms with Gasteiger partial charge in [-0.2, -0.15) is 0 Å². The molecule has 2 atom stereocenters. The third kappa shape index (κ3) is 2.98. The number of allylic oxidation sites excluding steroid dienone is 1. The highest BCUT2D eigenvalue weighted by molar-refractivity contribution is 5.04. The zero-order valence-electron chi connectivity index (χ0n) is 8.38. The Labute approximate surface area is 75.5 Å². The Kier molecular flexibility index (Phi) is 2.94. The van der Waals surface area contributed by atoms with Gasteiger partial charge in [-0.05, 0) is 38.0 Å². The van der Waals surface area contributed by atoms with Gasteiger partial charge in [-0.1, -0.05) is 26.0 Å². The van der Waals surface area contributed by atoms with E-state index < -0.39 is 5.60 Å². The largest absolute Gasteiger partial charge is 0.386 e. The van der Waals surface area contributed by atoms with Gasteiger partial charge in [-0.25, -0.2) is 0 Å². The monoisotopic (exact) mass is 168 g/mol. The third-order valence-electron chi connectivity index (χ3n) is 2.45. The number of rotatable bonds is 2. The van der Waals surface area contributed by atoms with Gasteiger partial charge < -0.3 is 5.11 Å². The van der Waals surface area contributed by atoms with Crippen LogP contribution in [0, 0.1) is 11.8 Å². The average molecular weight is 168 g/mol. The predicted molar refractivity (Wildman–Crippen MR) is 51.9 cm³/mol. The highest BCUT2D eigenvalue weighted by atomic mass is 16.3. The van der Waals surface area contributed by atoms with Gasteiger partial charge >= 0.3 is 0 Å². The van der Waals surface area contributed by atoms with Crippen LogP contribution in [0.1, 0.15) is 40.0 Å². The van der Waals surface area contributed by atoms with Gasteiger partial charge in [0.05, 0.1) is 5.60 Å². The van der Waals surface area contributed by atoms with E-state index in [2.05, 4.69) is 19.9 Å². The van der Waals surface area contributed by atoms with Gasteiger partial charge in [0.25, 0.3) is 0 Å². The van der Waals surface area contributed by atoms with Crippen LogP contribution in [0.2, 0.25) is 0 Å². The van der Waals surface area contributed by atoms with Crippen molar-refractivity contribution in [2.45, 2.75) is 45.6 Å². The van der Waals surface area contributed by atoms with Crippen molar-refractivity contribution in [3.8, 4) is 0 Å². The molecule has 0 bridgehead atoms. The fraction of sp³-hybridized carbons (Fsp3) is 0.818. The minimum atomic E-state index is -0.544. The van der Waals surface area contributed by atoms with E-state index in [0.29, 0.717) is 5.92 Å². The number of hydrogen-bond donors (Lipinski definition) is 1. The minimum absolute atomic E-state index is 0.544. The van der Waals surface area contributed by atoms with Crippen molar-refractivity contribution in [2.75, 3.05) is 0 Å². The van der Waals surface area contributed by atoms with Crippen LogP contribution < -0.4 is 0 Å². The highest BCUT2D eigenvalue weighted by Crippen LogP contribution is 2.30. The molecule has 0 aliphatic heterocycles. The normalized spacial score (nSPS) is 35.9. The Morgan fingerprint density at radius 2 is 2.25 bits per heavy atom. The third-order valence-corrected chi connectivity index (χ3v) is 2.45. The van der Waals surface area contributed by atoms with E-state index >= 15 is 0 Å². The second-order valence-corrected chi connectivity index (χ2v) is 4.69. The first-order chi connectivity index (χ1) is 5.49. The van der Waals surface area contributed by atoms with Gasteiger partial charge in [0.15, 0.2) is 0 Å². The molecule has 0 saturated carbocycles. The van der Waals surface area contributed by atoms with Crippen molar-refractivity contribution in [2.24, 2.45) is 11.8 Å². The molecular weight excluding hydrogens is 148 g/mol. The lowest BCUT2D eigenvalue weighted by atomic mass is 9.80. The first kappa shape index (κ1) is 9.79. The second kappa shape index (κ2) is 3.61. The summed E-state index contributed by atoms with van der Waals surface area (Å²) in [5, 5.41) is 9.77. The van der Waals surface area contributed by atoms with Crippen LogP contribution in [0.25, 0.3) is 0 Å². The molecule has 0 aromatic rings. The molecule has 1 heteroatoms. The maximum atomic E-state index is 9.77. The van der Waals surface area contributed by atoms with Crippen LogP contribution in [0.15, 0.2) is 12.2 Å². The maximum Gasteiger partial charge on any atom is 0.0802 e. The smallest absolute Gasteiger partial charge is 0.0802 e. The lowest BCUT2D eigenvalue weighted by Gasteiger charge is -2.30. The lowest BCUT2D eigenvalue weighted by molar-refractivity contribution is 0.0706. The summed E-state index contributed by atoms with van der Waals surface area (Å²) in [4.78, 5) is 0. The standard InChI is InChI=1S/C11H20O/c1-9(2)7-10-5-4-6-11(3,12)8-10/h4,6,9-10,12H,5,7-8H2,1-3H3. The zero-order chi connectivity index (χ0) is 9.19. The molecule has 1 nitrogen and oxygen atoms in total. The van der Waals surface area contributed by atoms with E-state index in [9.17, 15) is 5.11 Å². The van der Waals surface area contributed by atoms with Crippen molar-refractivity contribution in [3.05, 3.63) is 12.2 Å². The summed E-state index contributed by atoms with van der Waals surface area (Å²) in [5.74, 6) is 1.43. The van der Waals surface area contributed by atoms with Crippen molar-refractivity contribution in [3.63, 3.8) is 0 Å². The van der Waals surface area contributed by atoms with Crippen LogP contribution in [0.5, 0.6) is 0 Å². The molecule has 0 spiro atoms. The Balaban J connectivity index is 2.45. The topological polar surface area (TPSA) is 20.2 Å². The molecular formula is C11H20O. The molecule has 0 heterocycles. The summed E-state index contributed by atoms with van der Waals surface area (Å²) in [6.45, 7) is 6.38. The van der Waals surface area contributed by atoms with Crippen molar-refractivity contribution in [1.82, 2.24) is 0 Å². The molecule has 1 aliphatic rings. The van der Waals surface area contributed by atoms with Crippen LogP contribution in [-0.2, 0) is 0 Å². The van der Waals surface area contributed by atoms with Gasteiger partial charge in [0.2, 0.25) is 0 Å². The molecule has 1 N–H and O–H groups in total. The molecule has 0 amide bonds. The summed E-state index contributed by atoms with van der Waals surface area (Å²) in [5.41, 5.74) is -0.544. The van der Waals surface area contributed by atoms with E-state index in [1.807, 2.05) is 13.0 Å². The fourth-order valence-corrected chi connectivity index (χ4v) is 2.10. The molecule has 1 rings (SSSR count). The summed E-state index contributed by atoms with van der Waals surface area (Å²) in [7, 11) is 0. The minimum Gasteiger partial charge on any atom is -0.386 e. The molecule has 0 fully saturated rings. The Morgan fingerprint density at radius 3 is 2.75 bits per heavy atom. The molecule has 12 heavy (non-hydrogen) atoms. The zero-order valence-corrected chi connectivity index (χ0v) is 8.38. The fourth-order valence-electron chi connectivity index (χ4n) is 2.10. The first-order valence-corrected chi connectivity index (χ1v) is 4.90. The summed E-state index contributed by atoms with van der Waals surface area (Å²) in [6.07, 6.45) is 7.37. The van der Waals surface area contributed by atoms with Gasteiger partial charge in [0.1, 0.15) is 0 Å². The van der Waals surface area contributed by atoms with E-state index in [1.54, 1.807) is 0 Å². The van der Waals surface area contributed by atoms with E-state index in [4.69, 9.17) is 0 Å². The number of hydrogen-bond acceptors (Lipinski definition) is 1. The number of aliphatic hydroxyl groups is 1. The molecule has 0 saturated heterocycles. The van der Waals surface area contributed by atoms with Crippen LogP contribution >= 0.6 is 0 Å². The van der Waals surface area contributed by atoms with Crippen molar-refractivity contribution >= 4 is 0 Å². The molecule has 2 unspecified atom stereocenters. The molecule has 0 radical (unpaired) electrons. The molecule has 0 aromatic heterocycles. The Bertz CT molecular complexity index is 168. The average Bonchev–Trinajstić information content (AvgIpc) is 1.82. The maximum absolute atomic E-state index is 9.77.